The van der Waals surface area contributed by atoms with Crippen molar-refractivity contribution >= 4 is 22.3 Å². The number of hydrogen-bond acceptors (Lipinski definition) is 4. The van der Waals surface area contributed by atoms with Crippen LogP contribution in [0.4, 0.5) is 5.69 Å². The molecule has 0 amide bonds. The van der Waals surface area contributed by atoms with Gasteiger partial charge < -0.3 is 0 Å². The maximum atomic E-state index is 11.6. The number of nitrogens with zero attached hydrogens (tertiary/aromatic N) is 1. The molecule has 0 heterocycles. The number of carbonyl (C=O) groups is 1. The molecule has 0 fully saturated rings. The molecule has 5 nitrogen and oxygen atoms in total. The molecule has 86 valence electrons. The van der Waals surface area contributed by atoms with Crippen LogP contribution in [0.5, 0.6) is 0 Å². The topological polar surface area (TPSA) is 77.3 Å². The maximum absolute atomic E-state index is 11.6. The molecule has 0 radical (unpaired) electrons. The zero-order valence-electron chi connectivity index (χ0n) is 8.71. The summed E-state index contributed by atoms with van der Waals surface area (Å²) in [6.45, 7) is 1.70. The van der Waals surface area contributed by atoms with Gasteiger partial charge in [0.05, 0.1) is 21.5 Å². The first-order valence-electron chi connectivity index (χ1n) is 4.69. The summed E-state index contributed by atoms with van der Waals surface area (Å²) in [4.78, 5) is 21.4. The highest BCUT2D eigenvalue weighted by Gasteiger charge is 2.10. The number of non-ortho nitro benzene ring substituents is 1. The van der Waals surface area contributed by atoms with Crippen molar-refractivity contribution in [2.45, 2.75) is 18.2 Å². The summed E-state index contributed by atoms with van der Waals surface area (Å²) in [6.07, 6.45) is 0.346. The van der Waals surface area contributed by atoms with E-state index in [1.54, 1.807) is 6.92 Å². The Morgan fingerprint density at radius 2 is 1.94 bits per heavy atom. The van der Waals surface area contributed by atoms with Crippen molar-refractivity contribution in [1.29, 1.82) is 0 Å². The molecule has 0 N–H and O–H groups in total. The summed E-state index contributed by atoms with van der Waals surface area (Å²) in [7, 11) is -1.41. The highest BCUT2D eigenvalue weighted by Crippen LogP contribution is 2.14. The molecule has 1 aromatic carbocycles. The molecule has 0 aliphatic heterocycles. The maximum Gasteiger partial charge on any atom is 0.269 e. The van der Waals surface area contributed by atoms with E-state index in [-0.39, 0.29) is 17.2 Å². The molecule has 0 bridgehead atoms. The number of hydrogen-bond donors (Lipinski definition) is 0. The number of nitro groups is 1. The third-order valence-electron chi connectivity index (χ3n) is 2.00. The summed E-state index contributed by atoms with van der Waals surface area (Å²) in [5, 5.41) is 10.4. The zero-order chi connectivity index (χ0) is 12.1. The van der Waals surface area contributed by atoms with Crippen molar-refractivity contribution in [2.24, 2.45) is 0 Å². The fourth-order valence-electron chi connectivity index (χ4n) is 1.05. The molecule has 0 saturated heterocycles. The highest BCUT2D eigenvalue weighted by molar-refractivity contribution is 7.85. The average Bonchev–Trinajstić information content (AvgIpc) is 2.28. The summed E-state index contributed by atoms with van der Waals surface area (Å²) < 4.78 is 11.6. The Bertz CT molecular complexity index is 427. The van der Waals surface area contributed by atoms with Crippen LogP contribution in [0.25, 0.3) is 0 Å². The quantitative estimate of drug-likeness (QED) is 0.580. The van der Waals surface area contributed by atoms with E-state index in [4.69, 9.17) is 0 Å². The predicted octanol–water partition coefficient (Wildman–Crippen LogP) is 1.68. The normalized spacial score (nSPS) is 12.1. The Morgan fingerprint density at radius 1 is 1.38 bits per heavy atom. The van der Waals surface area contributed by atoms with Gasteiger partial charge in [-0.2, -0.15) is 0 Å². The van der Waals surface area contributed by atoms with E-state index in [0.717, 1.165) is 0 Å². The highest BCUT2D eigenvalue weighted by atomic mass is 32.2. The first-order chi connectivity index (χ1) is 7.54. The standard InChI is InChI=1S/C10H11NO4S/c1-2-9(12)7-16(15)10-5-3-8(4-6-10)11(13)14/h3-6H,2,7H2,1H3. The van der Waals surface area contributed by atoms with E-state index < -0.39 is 15.7 Å². The molecule has 1 rings (SSSR count). The van der Waals surface area contributed by atoms with E-state index >= 15 is 0 Å². The van der Waals surface area contributed by atoms with Gasteiger partial charge in [0.2, 0.25) is 0 Å². The van der Waals surface area contributed by atoms with E-state index in [1.807, 2.05) is 0 Å². The second kappa shape index (κ2) is 5.50. The molecule has 1 unspecified atom stereocenters. The van der Waals surface area contributed by atoms with E-state index in [2.05, 4.69) is 0 Å². The predicted molar refractivity (Wildman–Crippen MR) is 59.7 cm³/mol. The van der Waals surface area contributed by atoms with Gasteiger partial charge >= 0.3 is 0 Å². The number of benzene rings is 1. The average molecular weight is 241 g/mol. The van der Waals surface area contributed by atoms with Crippen molar-refractivity contribution in [3.63, 3.8) is 0 Å². The molecule has 16 heavy (non-hydrogen) atoms. The van der Waals surface area contributed by atoms with Crippen LogP contribution in [0.1, 0.15) is 13.3 Å². The van der Waals surface area contributed by atoms with Crippen molar-refractivity contribution in [3.8, 4) is 0 Å². The number of nitro benzene ring substituents is 1. The van der Waals surface area contributed by atoms with Gasteiger partial charge in [0.25, 0.3) is 5.69 Å². The molecule has 6 heteroatoms. The van der Waals surface area contributed by atoms with Crippen LogP contribution in [0.15, 0.2) is 29.2 Å². The Balaban J connectivity index is 2.78. The van der Waals surface area contributed by atoms with Crippen molar-refractivity contribution < 1.29 is 13.9 Å². The molecule has 1 atom stereocenters. The third kappa shape index (κ3) is 3.23. The Hall–Kier alpha value is -1.56. The van der Waals surface area contributed by atoms with E-state index in [1.165, 1.54) is 24.3 Å². The molecule has 0 aliphatic carbocycles. The Kier molecular flexibility index (Phi) is 4.30. The van der Waals surface area contributed by atoms with Gasteiger partial charge in [-0.25, -0.2) is 0 Å². The fourth-order valence-corrected chi connectivity index (χ4v) is 2.15. The lowest BCUT2D eigenvalue weighted by Crippen LogP contribution is -2.09. The first kappa shape index (κ1) is 12.5. The molecule has 1 aromatic rings. The van der Waals surface area contributed by atoms with Gasteiger partial charge in [-0.1, -0.05) is 6.92 Å². The second-order valence-electron chi connectivity index (χ2n) is 3.13. The largest absolute Gasteiger partial charge is 0.299 e. The van der Waals surface area contributed by atoms with Gasteiger partial charge in [0, 0.05) is 23.4 Å². The minimum Gasteiger partial charge on any atom is -0.299 e. The molecule has 0 aromatic heterocycles. The van der Waals surface area contributed by atoms with Crippen molar-refractivity contribution in [1.82, 2.24) is 0 Å². The summed E-state index contributed by atoms with van der Waals surface area (Å²) >= 11 is 0. The number of carbonyl (C=O) groups excluding carboxylic acids is 1. The summed E-state index contributed by atoms with van der Waals surface area (Å²) in [5.41, 5.74) is -0.0532. The van der Waals surface area contributed by atoms with Crippen LogP contribution in [-0.4, -0.2) is 20.7 Å². The smallest absolute Gasteiger partial charge is 0.269 e. The molecular weight excluding hydrogens is 230 g/mol. The fraction of sp³-hybridized carbons (Fsp3) is 0.300. The van der Waals surface area contributed by atoms with Gasteiger partial charge in [-0.05, 0) is 12.1 Å². The first-order valence-corrected chi connectivity index (χ1v) is 6.01. The minimum atomic E-state index is -1.41. The lowest BCUT2D eigenvalue weighted by molar-refractivity contribution is -0.384. The van der Waals surface area contributed by atoms with Crippen LogP contribution in [0.2, 0.25) is 0 Å². The zero-order valence-corrected chi connectivity index (χ0v) is 9.53. The van der Waals surface area contributed by atoms with Crippen molar-refractivity contribution in [3.05, 3.63) is 34.4 Å². The summed E-state index contributed by atoms with van der Waals surface area (Å²) in [5.74, 6) is -0.120. The van der Waals surface area contributed by atoms with Gasteiger partial charge in [-0.15, -0.1) is 0 Å². The van der Waals surface area contributed by atoms with Crippen LogP contribution >= 0.6 is 0 Å². The van der Waals surface area contributed by atoms with Crippen LogP contribution in [0.3, 0.4) is 0 Å². The lowest BCUT2D eigenvalue weighted by atomic mass is 10.3. The van der Waals surface area contributed by atoms with Gasteiger partial charge in [-0.3, -0.25) is 19.1 Å². The van der Waals surface area contributed by atoms with Crippen LogP contribution < -0.4 is 0 Å². The molecule has 0 spiro atoms. The second-order valence-corrected chi connectivity index (χ2v) is 4.58. The third-order valence-corrected chi connectivity index (χ3v) is 3.38. The lowest BCUT2D eigenvalue weighted by Gasteiger charge is -2.00. The van der Waals surface area contributed by atoms with Gasteiger partial charge in [0.15, 0.2) is 0 Å². The number of ketones is 1. The SMILES string of the molecule is CCC(=O)CS(=O)c1ccc([N+](=O)[O-])cc1. The van der Waals surface area contributed by atoms with Crippen LogP contribution in [-0.2, 0) is 15.6 Å². The minimum absolute atomic E-state index is 0.0334. The summed E-state index contributed by atoms with van der Waals surface area (Å²) in [6, 6.07) is 5.39. The monoisotopic (exact) mass is 241 g/mol. The van der Waals surface area contributed by atoms with Crippen molar-refractivity contribution in [2.75, 3.05) is 5.75 Å². The Labute approximate surface area is 95.1 Å². The molecule has 0 aliphatic rings. The van der Waals surface area contributed by atoms with Gasteiger partial charge in [0.1, 0.15) is 5.78 Å². The number of rotatable bonds is 5. The van der Waals surface area contributed by atoms with Crippen LogP contribution in [0, 0.1) is 10.1 Å². The van der Waals surface area contributed by atoms with E-state index in [9.17, 15) is 19.1 Å². The Morgan fingerprint density at radius 3 is 2.38 bits per heavy atom. The number of Topliss-reactive ketones (excluding diaryl/α,β-unsaturated/α-hetero) is 1. The van der Waals surface area contributed by atoms with E-state index in [0.29, 0.717) is 11.3 Å². The molecule has 0 saturated carbocycles. The molecular formula is C10H11NO4S.